The summed E-state index contributed by atoms with van der Waals surface area (Å²) in [6.07, 6.45) is 2.40. The summed E-state index contributed by atoms with van der Waals surface area (Å²) in [5.41, 5.74) is 7.12. The van der Waals surface area contributed by atoms with Gasteiger partial charge in [0.15, 0.2) is 24.1 Å². The van der Waals surface area contributed by atoms with E-state index in [0.717, 1.165) is 25.1 Å². The van der Waals surface area contributed by atoms with E-state index in [0.29, 0.717) is 36.5 Å². The predicted molar refractivity (Wildman–Crippen MR) is 118 cm³/mol. The van der Waals surface area contributed by atoms with Gasteiger partial charge >= 0.3 is 0 Å². The molecule has 1 unspecified atom stereocenters. The zero-order chi connectivity index (χ0) is 18.9. The third kappa shape index (κ3) is 7.43. The molecule has 1 atom stereocenters. The zero-order valence-corrected chi connectivity index (χ0v) is 18.7. The van der Waals surface area contributed by atoms with Crippen molar-refractivity contribution in [2.24, 2.45) is 16.6 Å². The second-order valence-corrected chi connectivity index (χ2v) is 6.60. The van der Waals surface area contributed by atoms with Crippen molar-refractivity contribution in [3.05, 3.63) is 23.8 Å². The van der Waals surface area contributed by atoms with Crippen molar-refractivity contribution in [3.8, 4) is 11.5 Å². The van der Waals surface area contributed by atoms with Crippen LogP contribution < -0.4 is 20.5 Å². The number of ether oxygens (including phenoxy) is 2. The second-order valence-electron chi connectivity index (χ2n) is 6.60. The minimum absolute atomic E-state index is 0. The van der Waals surface area contributed by atoms with Crippen LogP contribution in [0, 0.1) is 5.92 Å². The van der Waals surface area contributed by atoms with Crippen molar-refractivity contribution in [2.75, 3.05) is 33.4 Å². The Morgan fingerprint density at radius 1 is 1.41 bits per heavy atom. The monoisotopic (exact) mass is 490 g/mol. The largest absolute Gasteiger partial charge is 0.493 e. The smallest absolute Gasteiger partial charge is 0.257 e. The minimum Gasteiger partial charge on any atom is -0.493 e. The first-order valence-electron chi connectivity index (χ1n) is 9.14. The van der Waals surface area contributed by atoms with Gasteiger partial charge in [0.25, 0.3) is 5.91 Å². The molecule has 1 aromatic carbocycles. The SMILES string of the molecule is CCNC(=O)COc1ccc(CN=C(N)N2CCCC(C)C2)cc1OC.I. The summed E-state index contributed by atoms with van der Waals surface area (Å²) in [6.45, 7) is 7.05. The third-order valence-electron chi connectivity index (χ3n) is 4.37. The molecule has 1 aliphatic heterocycles. The Morgan fingerprint density at radius 3 is 2.85 bits per heavy atom. The van der Waals surface area contributed by atoms with Crippen molar-refractivity contribution in [1.29, 1.82) is 0 Å². The summed E-state index contributed by atoms with van der Waals surface area (Å²) < 4.78 is 10.9. The number of guanidine groups is 1. The van der Waals surface area contributed by atoms with Gasteiger partial charge in [0.1, 0.15) is 0 Å². The van der Waals surface area contributed by atoms with E-state index in [1.807, 2.05) is 19.1 Å². The Bertz CT molecular complexity index is 639. The summed E-state index contributed by atoms with van der Waals surface area (Å²) in [4.78, 5) is 18.2. The lowest BCUT2D eigenvalue weighted by molar-refractivity contribution is -0.123. The Hall–Kier alpha value is -1.71. The van der Waals surface area contributed by atoms with Crippen LogP contribution in [0.5, 0.6) is 11.5 Å². The van der Waals surface area contributed by atoms with Crippen LogP contribution in [-0.4, -0.2) is 50.1 Å². The highest BCUT2D eigenvalue weighted by Gasteiger charge is 2.17. The number of likely N-dealkylation sites (tertiary alicyclic amines) is 1. The predicted octanol–water partition coefficient (Wildman–Crippen LogP) is 2.37. The van der Waals surface area contributed by atoms with Crippen molar-refractivity contribution in [3.63, 3.8) is 0 Å². The molecule has 7 nitrogen and oxygen atoms in total. The topological polar surface area (TPSA) is 89.2 Å². The molecular formula is C19H31IN4O3. The first-order valence-corrected chi connectivity index (χ1v) is 9.14. The maximum absolute atomic E-state index is 11.5. The van der Waals surface area contributed by atoms with Gasteiger partial charge < -0.3 is 25.4 Å². The third-order valence-corrected chi connectivity index (χ3v) is 4.37. The van der Waals surface area contributed by atoms with Crippen LogP contribution in [0.4, 0.5) is 0 Å². The van der Waals surface area contributed by atoms with Crippen LogP contribution in [-0.2, 0) is 11.3 Å². The number of benzene rings is 1. The van der Waals surface area contributed by atoms with Gasteiger partial charge in [-0.25, -0.2) is 4.99 Å². The average molecular weight is 490 g/mol. The molecule has 0 spiro atoms. The van der Waals surface area contributed by atoms with Gasteiger partial charge in [-0.3, -0.25) is 4.79 Å². The maximum atomic E-state index is 11.5. The van der Waals surface area contributed by atoms with E-state index >= 15 is 0 Å². The number of nitrogens with one attached hydrogen (secondary N) is 1. The number of amides is 1. The van der Waals surface area contributed by atoms with E-state index in [1.165, 1.54) is 6.42 Å². The normalized spacial score (nSPS) is 17.1. The molecule has 0 radical (unpaired) electrons. The number of carbonyl (C=O) groups excluding carboxylic acids is 1. The highest BCUT2D eigenvalue weighted by molar-refractivity contribution is 14.0. The molecule has 0 aliphatic carbocycles. The lowest BCUT2D eigenvalue weighted by atomic mass is 10.0. The molecule has 27 heavy (non-hydrogen) atoms. The van der Waals surface area contributed by atoms with E-state index in [1.54, 1.807) is 13.2 Å². The molecule has 0 saturated carbocycles. The first-order chi connectivity index (χ1) is 12.5. The van der Waals surface area contributed by atoms with Gasteiger partial charge in [-0.1, -0.05) is 13.0 Å². The Balaban J connectivity index is 0.00000364. The molecular weight excluding hydrogens is 459 g/mol. The van der Waals surface area contributed by atoms with Crippen LogP contribution in [0.1, 0.15) is 32.3 Å². The van der Waals surface area contributed by atoms with Gasteiger partial charge in [-0.05, 0) is 43.4 Å². The molecule has 1 fully saturated rings. The van der Waals surface area contributed by atoms with Crippen molar-refractivity contribution >= 4 is 35.8 Å². The number of piperidine rings is 1. The molecule has 3 N–H and O–H groups in total. The van der Waals surface area contributed by atoms with E-state index in [4.69, 9.17) is 15.2 Å². The van der Waals surface area contributed by atoms with Gasteiger partial charge in [0, 0.05) is 19.6 Å². The lowest BCUT2D eigenvalue weighted by Crippen LogP contribution is -2.43. The molecule has 152 valence electrons. The van der Waals surface area contributed by atoms with Crippen molar-refractivity contribution in [2.45, 2.75) is 33.2 Å². The molecule has 1 aliphatic rings. The summed E-state index contributed by atoms with van der Waals surface area (Å²) >= 11 is 0. The first kappa shape index (κ1) is 23.3. The fraction of sp³-hybridized carbons (Fsp3) is 0.579. The van der Waals surface area contributed by atoms with E-state index in [9.17, 15) is 4.79 Å². The molecule has 8 heteroatoms. The molecule has 1 aromatic rings. The number of carbonyl (C=O) groups is 1. The Morgan fingerprint density at radius 2 is 2.19 bits per heavy atom. The minimum atomic E-state index is -0.160. The van der Waals surface area contributed by atoms with E-state index in [2.05, 4.69) is 22.1 Å². The number of aliphatic imine (C=N–C) groups is 1. The quantitative estimate of drug-likeness (QED) is 0.348. The number of nitrogens with zero attached hydrogens (tertiary/aromatic N) is 2. The highest BCUT2D eigenvalue weighted by Crippen LogP contribution is 2.28. The van der Waals surface area contributed by atoms with E-state index < -0.39 is 0 Å². The number of nitrogens with two attached hydrogens (primary N) is 1. The molecule has 0 bridgehead atoms. The van der Waals surface area contributed by atoms with Gasteiger partial charge in [0.05, 0.1) is 13.7 Å². The number of halogens is 1. The number of rotatable bonds is 7. The Labute approximate surface area is 178 Å². The van der Waals surface area contributed by atoms with E-state index in [-0.39, 0.29) is 36.5 Å². The van der Waals surface area contributed by atoms with Crippen LogP contribution in [0.2, 0.25) is 0 Å². The standard InChI is InChI=1S/C19H30N4O3.HI/c1-4-21-18(24)13-26-16-8-7-15(10-17(16)25-3)11-22-19(20)23-9-5-6-14(2)12-23;/h7-8,10,14H,4-6,9,11-13H2,1-3H3,(H2,20,22)(H,21,24);1H. The molecule has 2 rings (SSSR count). The molecule has 1 amide bonds. The van der Waals surface area contributed by atoms with Crippen molar-refractivity contribution in [1.82, 2.24) is 10.2 Å². The fourth-order valence-corrected chi connectivity index (χ4v) is 2.99. The summed E-state index contributed by atoms with van der Waals surface area (Å²) in [5.74, 6) is 2.19. The summed E-state index contributed by atoms with van der Waals surface area (Å²) in [7, 11) is 1.57. The fourth-order valence-electron chi connectivity index (χ4n) is 2.99. The summed E-state index contributed by atoms with van der Waals surface area (Å²) in [6, 6.07) is 5.57. The van der Waals surface area contributed by atoms with Crippen molar-refractivity contribution < 1.29 is 14.3 Å². The maximum Gasteiger partial charge on any atom is 0.257 e. The van der Waals surface area contributed by atoms with Gasteiger partial charge in [0.2, 0.25) is 0 Å². The Kier molecular flexibility index (Phi) is 10.3. The molecule has 0 aromatic heterocycles. The van der Waals surface area contributed by atoms with Crippen LogP contribution in [0.15, 0.2) is 23.2 Å². The number of methoxy groups -OCH3 is 1. The summed E-state index contributed by atoms with van der Waals surface area (Å²) in [5, 5.41) is 2.69. The van der Waals surface area contributed by atoms with Gasteiger partial charge in [-0.2, -0.15) is 0 Å². The van der Waals surface area contributed by atoms with Crippen LogP contribution >= 0.6 is 24.0 Å². The number of hydrogen-bond donors (Lipinski definition) is 2. The van der Waals surface area contributed by atoms with Crippen LogP contribution in [0.3, 0.4) is 0 Å². The number of likely N-dealkylation sites (N-methyl/N-ethyl adjacent to an activating group) is 1. The zero-order valence-electron chi connectivity index (χ0n) is 16.4. The lowest BCUT2D eigenvalue weighted by Gasteiger charge is -2.31. The average Bonchev–Trinajstić information content (AvgIpc) is 2.64. The number of hydrogen-bond acceptors (Lipinski definition) is 4. The van der Waals surface area contributed by atoms with Gasteiger partial charge in [-0.15, -0.1) is 24.0 Å². The molecule has 1 heterocycles. The molecule has 1 saturated heterocycles. The second kappa shape index (κ2) is 11.9. The van der Waals surface area contributed by atoms with Crippen LogP contribution in [0.25, 0.3) is 0 Å². The highest BCUT2D eigenvalue weighted by atomic mass is 127.